The molecule has 9 heteroatoms. The van der Waals surface area contributed by atoms with Crippen LogP contribution >= 0.6 is 11.8 Å². The molecule has 0 spiro atoms. The predicted molar refractivity (Wildman–Crippen MR) is 101 cm³/mol. The summed E-state index contributed by atoms with van der Waals surface area (Å²) in [6, 6.07) is 9.01. The fraction of sp³-hybridized carbons (Fsp3) is 0.263. The van der Waals surface area contributed by atoms with Crippen LogP contribution in [-0.4, -0.2) is 23.4 Å². The van der Waals surface area contributed by atoms with E-state index < -0.39 is 29.1 Å². The van der Waals surface area contributed by atoms with E-state index in [-0.39, 0.29) is 30.3 Å². The van der Waals surface area contributed by atoms with Gasteiger partial charge in [0, 0.05) is 36.4 Å². The minimum Gasteiger partial charge on any atom is -0.332 e. The highest BCUT2D eigenvalue weighted by Gasteiger charge is 2.27. The molecule has 1 heterocycles. The summed E-state index contributed by atoms with van der Waals surface area (Å²) in [7, 11) is 0. The average molecular weight is 409 g/mol. The summed E-state index contributed by atoms with van der Waals surface area (Å²) in [6.07, 6.45) is 0.0745. The Morgan fingerprint density at radius 3 is 2.64 bits per heavy atom. The molecule has 2 aromatic rings. The largest absolute Gasteiger partial charge is 0.332 e. The lowest BCUT2D eigenvalue weighted by Crippen LogP contribution is -2.55. The summed E-state index contributed by atoms with van der Waals surface area (Å²) in [5, 5.41) is 8.34. The van der Waals surface area contributed by atoms with Crippen LogP contribution in [0.15, 0.2) is 42.5 Å². The maximum atomic E-state index is 13.7. The third-order valence-electron chi connectivity index (χ3n) is 4.11. The van der Waals surface area contributed by atoms with Gasteiger partial charge >= 0.3 is 0 Å². The van der Waals surface area contributed by atoms with Gasteiger partial charge in [-0.2, -0.15) is 0 Å². The second-order valence-electron chi connectivity index (χ2n) is 6.30. The molecule has 2 amide bonds. The highest BCUT2D eigenvalue weighted by molar-refractivity contribution is 7.99. The maximum Gasteiger partial charge on any atom is 0.225 e. The quantitative estimate of drug-likeness (QED) is 0.686. The normalized spacial score (nSPS) is 19.2. The van der Waals surface area contributed by atoms with Gasteiger partial charge in [0.05, 0.1) is 0 Å². The van der Waals surface area contributed by atoms with E-state index in [1.807, 2.05) is 0 Å². The van der Waals surface area contributed by atoms with Crippen molar-refractivity contribution in [2.24, 2.45) is 0 Å². The van der Waals surface area contributed by atoms with E-state index in [4.69, 9.17) is 0 Å². The smallest absolute Gasteiger partial charge is 0.225 e. The molecule has 1 fully saturated rings. The van der Waals surface area contributed by atoms with Crippen molar-refractivity contribution in [1.29, 1.82) is 0 Å². The van der Waals surface area contributed by atoms with Crippen molar-refractivity contribution >= 4 is 29.3 Å². The maximum absolute atomic E-state index is 13.7. The van der Waals surface area contributed by atoms with Crippen LogP contribution in [0.5, 0.6) is 0 Å². The fourth-order valence-electron chi connectivity index (χ4n) is 2.76. The van der Waals surface area contributed by atoms with Gasteiger partial charge in [0.2, 0.25) is 11.8 Å². The van der Waals surface area contributed by atoms with Crippen molar-refractivity contribution in [3.63, 3.8) is 0 Å². The number of amides is 2. The molecule has 0 bridgehead atoms. The molecule has 0 radical (unpaired) electrons. The molecule has 148 valence electrons. The number of hydrogen-bond acceptors (Lipinski definition) is 4. The van der Waals surface area contributed by atoms with E-state index in [9.17, 15) is 22.8 Å². The molecule has 1 saturated heterocycles. The molecule has 3 N–H and O–H groups in total. The molecule has 0 saturated carbocycles. The van der Waals surface area contributed by atoms with Crippen LogP contribution in [-0.2, 0) is 15.3 Å². The Morgan fingerprint density at radius 1 is 1.11 bits per heavy atom. The van der Waals surface area contributed by atoms with Gasteiger partial charge in [-0.1, -0.05) is 18.2 Å². The lowest BCUT2D eigenvalue weighted by atomic mass is 10.1. The lowest BCUT2D eigenvalue weighted by molar-refractivity contribution is -0.124. The molecule has 1 aliphatic rings. The number of carbonyl (C=O) groups is 2. The molecule has 2 aromatic carbocycles. The first-order chi connectivity index (χ1) is 13.4. The van der Waals surface area contributed by atoms with Crippen molar-refractivity contribution in [2.45, 2.75) is 30.1 Å². The van der Waals surface area contributed by atoms with Gasteiger partial charge in [-0.3, -0.25) is 14.9 Å². The highest BCUT2D eigenvalue weighted by atomic mass is 32.2. The third-order valence-corrected chi connectivity index (χ3v) is 5.17. The van der Waals surface area contributed by atoms with E-state index in [1.165, 1.54) is 23.9 Å². The number of thioether (sulfide) groups is 1. The predicted octanol–water partition coefficient (Wildman–Crippen LogP) is 3.13. The number of benzene rings is 2. The Bertz CT molecular complexity index is 881. The molecular formula is C19H18F3N3O2S. The molecule has 0 aliphatic carbocycles. The van der Waals surface area contributed by atoms with Crippen molar-refractivity contribution < 1.29 is 22.8 Å². The van der Waals surface area contributed by atoms with Gasteiger partial charge in [0.1, 0.15) is 11.3 Å². The second kappa shape index (κ2) is 9.11. The number of nitrogens with one attached hydrogen (secondary N) is 3. The molecule has 1 aliphatic heterocycles. The molecule has 0 aromatic heterocycles. The Morgan fingerprint density at radius 2 is 1.89 bits per heavy atom. The summed E-state index contributed by atoms with van der Waals surface area (Å²) < 4.78 is 39.9. The van der Waals surface area contributed by atoms with Crippen LogP contribution in [0.25, 0.3) is 0 Å². The average Bonchev–Trinajstić information content (AvgIpc) is 2.63. The van der Waals surface area contributed by atoms with Gasteiger partial charge in [0.25, 0.3) is 0 Å². The van der Waals surface area contributed by atoms with Crippen molar-refractivity contribution in [1.82, 2.24) is 10.6 Å². The minimum atomic E-state index is -1.06. The lowest BCUT2D eigenvalue weighted by Gasteiger charge is -2.31. The van der Waals surface area contributed by atoms with Crippen molar-refractivity contribution in [3.05, 3.63) is 65.5 Å². The van der Waals surface area contributed by atoms with Crippen LogP contribution in [0.2, 0.25) is 0 Å². The third kappa shape index (κ3) is 5.49. The van der Waals surface area contributed by atoms with Gasteiger partial charge in [-0.05, 0) is 23.8 Å². The first-order valence-corrected chi connectivity index (χ1v) is 9.61. The zero-order chi connectivity index (χ0) is 20.1. The summed E-state index contributed by atoms with van der Waals surface area (Å²) >= 11 is 1.30. The number of carbonyl (C=O) groups excluding carboxylic acids is 2. The summed E-state index contributed by atoms with van der Waals surface area (Å²) in [4.78, 5) is 24.1. The van der Waals surface area contributed by atoms with E-state index in [0.29, 0.717) is 11.3 Å². The summed E-state index contributed by atoms with van der Waals surface area (Å²) in [6.45, 7) is 0. The first kappa shape index (κ1) is 20.2. The molecule has 28 heavy (non-hydrogen) atoms. The van der Waals surface area contributed by atoms with E-state index in [0.717, 1.165) is 12.1 Å². The van der Waals surface area contributed by atoms with Gasteiger partial charge in [0.15, 0.2) is 11.6 Å². The summed E-state index contributed by atoms with van der Waals surface area (Å²) in [5.41, 5.74) is 0.179. The number of hydrogen-bond donors (Lipinski definition) is 3. The summed E-state index contributed by atoms with van der Waals surface area (Å²) in [5.74, 6) is -2.69. The van der Waals surface area contributed by atoms with E-state index in [1.54, 1.807) is 18.2 Å². The number of halogens is 3. The SMILES string of the molecule is O=C(CC1CC(=O)NC(SCc2ccccc2F)N1)Nc1ccc(F)c(F)c1. The van der Waals surface area contributed by atoms with E-state index >= 15 is 0 Å². The van der Waals surface area contributed by atoms with Crippen LogP contribution < -0.4 is 16.0 Å². The monoisotopic (exact) mass is 409 g/mol. The Hall–Kier alpha value is -2.52. The molecular weight excluding hydrogens is 391 g/mol. The Kier molecular flexibility index (Phi) is 6.58. The standard InChI is InChI=1S/C19H18F3N3O2S/c20-14-4-2-1-3-11(14)10-28-19-24-13(9-18(27)25-19)8-17(26)23-12-5-6-15(21)16(22)7-12/h1-7,13,19,24H,8-10H2,(H,23,26)(H,25,27). The Balaban J connectivity index is 1.53. The number of rotatable bonds is 6. The fourth-order valence-corrected chi connectivity index (χ4v) is 3.85. The van der Waals surface area contributed by atoms with Crippen LogP contribution in [0.1, 0.15) is 18.4 Å². The molecule has 2 atom stereocenters. The van der Waals surface area contributed by atoms with Crippen LogP contribution in [0, 0.1) is 17.5 Å². The van der Waals surface area contributed by atoms with Crippen molar-refractivity contribution in [2.75, 3.05) is 5.32 Å². The van der Waals surface area contributed by atoms with Gasteiger partial charge < -0.3 is 10.6 Å². The van der Waals surface area contributed by atoms with E-state index in [2.05, 4.69) is 16.0 Å². The zero-order valence-electron chi connectivity index (χ0n) is 14.7. The minimum absolute atomic E-state index is 0.0246. The Labute approximate surface area is 164 Å². The van der Waals surface area contributed by atoms with Crippen LogP contribution in [0.4, 0.5) is 18.9 Å². The van der Waals surface area contributed by atoms with Crippen molar-refractivity contribution in [3.8, 4) is 0 Å². The zero-order valence-corrected chi connectivity index (χ0v) is 15.5. The molecule has 5 nitrogen and oxygen atoms in total. The topological polar surface area (TPSA) is 70.2 Å². The number of anilines is 1. The molecule has 2 unspecified atom stereocenters. The second-order valence-corrected chi connectivity index (χ2v) is 7.39. The van der Waals surface area contributed by atoms with Gasteiger partial charge in [-0.25, -0.2) is 13.2 Å². The molecule has 3 rings (SSSR count). The highest BCUT2D eigenvalue weighted by Crippen LogP contribution is 2.21. The first-order valence-electron chi connectivity index (χ1n) is 8.56. The van der Waals surface area contributed by atoms with Crippen LogP contribution in [0.3, 0.4) is 0 Å². The van der Waals surface area contributed by atoms with Gasteiger partial charge in [-0.15, -0.1) is 11.8 Å².